The van der Waals surface area contributed by atoms with Gasteiger partial charge in [0.05, 0.1) is 23.8 Å². The molecule has 0 atom stereocenters. The lowest BCUT2D eigenvalue weighted by atomic mass is 9.76. The molecule has 7 heteroatoms. The van der Waals surface area contributed by atoms with Crippen molar-refractivity contribution in [3.8, 4) is 0 Å². The third-order valence-electron chi connectivity index (χ3n) is 6.59. The Morgan fingerprint density at radius 1 is 1.22 bits per heavy atom. The van der Waals surface area contributed by atoms with Crippen molar-refractivity contribution in [3.05, 3.63) is 41.9 Å². The number of aromatic nitrogens is 2. The third-order valence-corrected chi connectivity index (χ3v) is 6.59. The number of carbonyl (C=O) groups is 2. The Morgan fingerprint density at radius 3 is 2.70 bits per heavy atom. The van der Waals surface area contributed by atoms with Crippen LogP contribution >= 0.6 is 0 Å². The fourth-order valence-electron chi connectivity index (χ4n) is 4.82. The molecule has 2 aromatic heterocycles. The van der Waals surface area contributed by atoms with Gasteiger partial charge in [-0.05, 0) is 37.8 Å². The second kappa shape index (κ2) is 6.25. The molecule has 1 saturated carbocycles. The first-order valence-corrected chi connectivity index (χ1v) is 9.86. The summed E-state index contributed by atoms with van der Waals surface area (Å²) in [6.45, 7) is 1.93. The average Bonchev–Trinajstić information content (AvgIpc) is 3.33. The molecule has 0 bridgehead atoms. The van der Waals surface area contributed by atoms with E-state index in [2.05, 4.69) is 14.9 Å². The van der Waals surface area contributed by atoms with Crippen molar-refractivity contribution in [2.75, 3.05) is 19.6 Å². The summed E-state index contributed by atoms with van der Waals surface area (Å²) in [7, 11) is 0. The number of aromatic amines is 1. The number of furan rings is 1. The standard InChI is InChI=1S/C20H24N4O3/c25-18(14-3-1-4-14)24-9-6-15-17(22-13-21-15)20(24)7-10-23(11-8-20)19(26)16-5-2-12-27-16/h2,5,12-14H,1,3-4,6-11H2,(H,21,22). The first-order valence-electron chi connectivity index (χ1n) is 9.86. The highest BCUT2D eigenvalue weighted by Gasteiger charge is 2.50. The molecule has 1 N–H and O–H groups in total. The Kier molecular flexibility index (Phi) is 3.84. The van der Waals surface area contributed by atoms with Crippen LogP contribution in [0.1, 0.15) is 54.0 Å². The number of piperidine rings is 1. The van der Waals surface area contributed by atoms with Crippen molar-refractivity contribution in [2.24, 2.45) is 5.92 Å². The predicted octanol–water partition coefficient (Wildman–Crippen LogP) is 2.32. The van der Waals surface area contributed by atoms with Gasteiger partial charge in [0.2, 0.25) is 5.91 Å². The minimum absolute atomic E-state index is 0.0789. The Balaban J connectivity index is 1.42. The van der Waals surface area contributed by atoms with E-state index < -0.39 is 0 Å². The number of imidazole rings is 1. The monoisotopic (exact) mass is 368 g/mol. The fourth-order valence-corrected chi connectivity index (χ4v) is 4.82. The number of rotatable bonds is 2. The molecule has 2 aliphatic heterocycles. The molecule has 4 heterocycles. The highest BCUT2D eigenvalue weighted by Crippen LogP contribution is 2.44. The summed E-state index contributed by atoms with van der Waals surface area (Å²) in [6, 6.07) is 3.43. The summed E-state index contributed by atoms with van der Waals surface area (Å²) in [5.41, 5.74) is 1.75. The molecule has 142 valence electrons. The van der Waals surface area contributed by atoms with Gasteiger partial charge in [-0.15, -0.1) is 0 Å². The summed E-state index contributed by atoms with van der Waals surface area (Å²) in [5, 5.41) is 0. The highest BCUT2D eigenvalue weighted by atomic mass is 16.3. The maximum atomic E-state index is 13.2. The minimum atomic E-state index is -0.389. The van der Waals surface area contributed by atoms with Gasteiger partial charge >= 0.3 is 0 Å². The van der Waals surface area contributed by atoms with Gasteiger partial charge < -0.3 is 19.2 Å². The van der Waals surface area contributed by atoms with Crippen LogP contribution in [0.25, 0.3) is 0 Å². The molecule has 2 amide bonds. The topological polar surface area (TPSA) is 82.4 Å². The zero-order chi connectivity index (χ0) is 18.4. The Morgan fingerprint density at radius 2 is 2.04 bits per heavy atom. The van der Waals surface area contributed by atoms with Gasteiger partial charge in [0.25, 0.3) is 5.91 Å². The Bertz CT molecular complexity index is 844. The van der Waals surface area contributed by atoms with Crippen molar-refractivity contribution >= 4 is 11.8 Å². The van der Waals surface area contributed by atoms with E-state index in [0.717, 1.165) is 56.5 Å². The lowest BCUT2D eigenvalue weighted by molar-refractivity contribution is -0.148. The van der Waals surface area contributed by atoms with Crippen molar-refractivity contribution in [1.29, 1.82) is 0 Å². The molecule has 3 aliphatic rings. The number of fused-ring (bicyclic) bond motifs is 2. The summed E-state index contributed by atoms with van der Waals surface area (Å²) in [4.78, 5) is 37.6. The van der Waals surface area contributed by atoms with E-state index in [1.54, 1.807) is 18.5 Å². The van der Waals surface area contributed by atoms with E-state index in [-0.39, 0.29) is 23.3 Å². The largest absolute Gasteiger partial charge is 0.459 e. The van der Waals surface area contributed by atoms with Gasteiger partial charge in [0.1, 0.15) is 0 Å². The number of carbonyl (C=O) groups excluding carboxylic acids is 2. The van der Waals surface area contributed by atoms with E-state index in [9.17, 15) is 9.59 Å². The van der Waals surface area contributed by atoms with Crippen LogP contribution in [-0.4, -0.2) is 51.2 Å². The van der Waals surface area contributed by atoms with Crippen LogP contribution in [-0.2, 0) is 16.8 Å². The number of hydrogen-bond donors (Lipinski definition) is 1. The summed E-state index contributed by atoms with van der Waals surface area (Å²) in [5.74, 6) is 0.744. The van der Waals surface area contributed by atoms with Crippen LogP contribution < -0.4 is 0 Å². The van der Waals surface area contributed by atoms with Crippen LogP contribution in [0.2, 0.25) is 0 Å². The first kappa shape index (κ1) is 16.6. The Labute approximate surface area is 157 Å². The number of amides is 2. The van der Waals surface area contributed by atoms with Crippen molar-refractivity contribution in [2.45, 2.75) is 44.1 Å². The number of hydrogen-bond acceptors (Lipinski definition) is 4. The van der Waals surface area contributed by atoms with E-state index >= 15 is 0 Å². The zero-order valence-electron chi connectivity index (χ0n) is 15.3. The maximum Gasteiger partial charge on any atom is 0.289 e. The van der Waals surface area contributed by atoms with Crippen molar-refractivity contribution < 1.29 is 14.0 Å². The molecule has 7 nitrogen and oxygen atoms in total. The molecule has 2 aromatic rings. The van der Waals surface area contributed by atoms with Gasteiger partial charge in [0, 0.05) is 37.7 Å². The van der Waals surface area contributed by atoms with E-state index in [1.165, 1.54) is 6.26 Å². The second-order valence-corrected chi connectivity index (χ2v) is 7.90. The van der Waals surface area contributed by atoms with Gasteiger partial charge in [0.15, 0.2) is 5.76 Å². The van der Waals surface area contributed by atoms with Gasteiger partial charge in [-0.3, -0.25) is 9.59 Å². The molecule has 27 heavy (non-hydrogen) atoms. The predicted molar refractivity (Wildman–Crippen MR) is 96.9 cm³/mol. The molecule has 1 aliphatic carbocycles. The molecule has 2 fully saturated rings. The Hall–Kier alpha value is -2.57. The van der Waals surface area contributed by atoms with Gasteiger partial charge in [-0.2, -0.15) is 0 Å². The van der Waals surface area contributed by atoms with Crippen LogP contribution in [0.15, 0.2) is 29.1 Å². The average molecular weight is 368 g/mol. The van der Waals surface area contributed by atoms with E-state index in [0.29, 0.717) is 18.8 Å². The van der Waals surface area contributed by atoms with Crippen LogP contribution in [0.3, 0.4) is 0 Å². The molecule has 1 spiro atoms. The molecule has 0 aromatic carbocycles. The molecule has 0 unspecified atom stereocenters. The fraction of sp³-hybridized carbons (Fsp3) is 0.550. The van der Waals surface area contributed by atoms with E-state index in [4.69, 9.17) is 4.42 Å². The van der Waals surface area contributed by atoms with E-state index in [1.807, 2.05) is 4.90 Å². The van der Waals surface area contributed by atoms with Crippen LogP contribution in [0, 0.1) is 5.92 Å². The SMILES string of the molecule is O=C(c1ccco1)N1CCC2(CC1)c1nc[nH]c1CCN2C(=O)C1CCC1. The molecular weight excluding hydrogens is 344 g/mol. The third kappa shape index (κ3) is 2.51. The number of nitrogens with zero attached hydrogens (tertiary/aromatic N) is 3. The number of nitrogens with one attached hydrogen (secondary N) is 1. The summed E-state index contributed by atoms with van der Waals surface area (Å²) in [6.07, 6.45) is 8.68. The first-order chi connectivity index (χ1) is 13.2. The van der Waals surface area contributed by atoms with Crippen molar-refractivity contribution in [1.82, 2.24) is 19.8 Å². The lowest BCUT2D eigenvalue weighted by Gasteiger charge is -2.51. The zero-order valence-corrected chi connectivity index (χ0v) is 15.3. The number of H-pyrrole nitrogens is 1. The quantitative estimate of drug-likeness (QED) is 0.882. The lowest BCUT2D eigenvalue weighted by Crippen LogP contribution is -2.60. The molecule has 1 saturated heterocycles. The normalized spacial score (nSPS) is 21.8. The summed E-state index contributed by atoms with van der Waals surface area (Å²) >= 11 is 0. The van der Waals surface area contributed by atoms with Crippen LogP contribution in [0.5, 0.6) is 0 Å². The van der Waals surface area contributed by atoms with Gasteiger partial charge in [-0.25, -0.2) is 4.98 Å². The molecular formula is C20H24N4O3. The smallest absolute Gasteiger partial charge is 0.289 e. The highest BCUT2D eigenvalue weighted by molar-refractivity contribution is 5.91. The number of likely N-dealkylation sites (tertiary alicyclic amines) is 1. The summed E-state index contributed by atoms with van der Waals surface area (Å²) < 4.78 is 5.27. The van der Waals surface area contributed by atoms with Crippen LogP contribution in [0.4, 0.5) is 0 Å². The molecule has 0 radical (unpaired) electrons. The minimum Gasteiger partial charge on any atom is -0.459 e. The van der Waals surface area contributed by atoms with Crippen molar-refractivity contribution in [3.63, 3.8) is 0 Å². The maximum absolute atomic E-state index is 13.2. The molecule has 5 rings (SSSR count). The second-order valence-electron chi connectivity index (χ2n) is 7.90. The van der Waals surface area contributed by atoms with Gasteiger partial charge in [-0.1, -0.05) is 6.42 Å².